The van der Waals surface area contributed by atoms with Crippen molar-refractivity contribution in [1.29, 1.82) is 0 Å². The predicted octanol–water partition coefficient (Wildman–Crippen LogP) is 2.52. The zero-order valence-corrected chi connectivity index (χ0v) is 14.3. The van der Waals surface area contributed by atoms with Gasteiger partial charge in [-0.1, -0.05) is 0 Å². The van der Waals surface area contributed by atoms with Crippen molar-refractivity contribution in [2.24, 2.45) is 0 Å². The average molecular weight is 307 g/mol. The van der Waals surface area contributed by atoms with Crippen LogP contribution in [0, 0.1) is 0 Å². The number of carbonyl (C=O) groups is 1. The zero-order valence-electron chi connectivity index (χ0n) is 14.3. The van der Waals surface area contributed by atoms with Crippen LogP contribution in [0.3, 0.4) is 0 Å². The first-order valence-electron chi connectivity index (χ1n) is 7.93. The first-order valence-corrected chi connectivity index (χ1v) is 7.93. The summed E-state index contributed by atoms with van der Waals surface area (Å²) in [5, 5.41) is 2.96. The van der Waals surface area contributed by atoms with Crippen LogP contribution in [0.1, 0.15) is 45.0 Å². The number of nitrogens with zero attached hydrogens (tertiary/aromatic N) is 1. The van der Waals surface area contributed by atoms with E-state index >= 15 is 0 Å². The summed E-state index contributed by atoms with van der Waals surface area (Å²) in [4.78, 5) is 14.7. The van der Waals surface area contributed by atoms with Crippen LogP contribution >= 0.6 is 0 Å². The second-order valence-electron chi connectivity index (χ2n) is 5.87. The lowest BCUT2D eigenvalue weighted by Gasteiger charge is -2.30. The summed E-state index contributed by atoms with van der Waals surface area (Å²) < 4.78 is 5.49. The van der Waals surface area contributed by atoms with Gasteiger partial charge in [0.15, 0.2) is 0 Å². The lowest BCUT2D eigenvalue weighted by atomic mass is 10.1. The summed E-state index contributed by atoms with van der Waals surface area (Å²) in [7, 11) is 0. The molecule has 124 valence electrons. The number of nitrogens with two attached hydrogens (primary N) is 1. The van der Waals surface area contributed by atoms with Gasteiger partial charge in [0.1, 0.15) is 5.75 Å². The molecule has 0 unspecified atom stereocenters. The molecule has 0 spiro atoms. The number of amides is 1. The fourth-order valence-corrected chi connectivity index (χ4v) is 2.51. The van der Waals surface area contributed by atoms with Crippen LogP contribution in [0.2, 0.25) is 0 Å². The van der Waals surface area contributed by atoms with Gasteiger partial charge in [-0.2, -0.15) is 0 Å². The molecule has 3 N–H and O–H groups in total. The highest BCUT2D eigenvalue weighted by molar-refractivity contribution is 5.97. The van der Waals surface area contributed by atoms with E-state index in [-0.39, 0.29) is 5.91 Å². The Balaban J connectivity index is 2.66. The van der Waals surface area contributed by atoms with Crippen molar-refractivity contribution >= 4 is 11.6 Å². The van der Waals surface area contributed by atoms with E-state index in [1.54, 1.807) is 18.2 Å². The number of nitrogen functional groups attached to an aromatic ring is 1. The zero-order chi connectivity index (χ0) is 16.7. The molecule has 1 aromatic carbocycles. The van der Waals surface area contributed by atoms with Crippen molar-refractivity contribution < 1.29 is 9.53 Å². The molecule has 0 heterocycles. The number of rotatable bonds is 8. The molecule has 5 heteroatoms. The molecule has 0 aliphatic heterocycles. The Labute approximate surface area is 133 Å². The molecule has 22 heavy (non-hydrogen) atoms. The number of benzene rings is 1. The minimum Gasteiger partial charge on any atom is -0.493 e. The number of nitrogens with one attached hydrogen (secondary N) is 1. The van der Waals surface area contributed by atoms with Gasteiger partial charge in [-0.3, -0.25) is 9.69 Å². The van der Waals surface area contributed by atoms with E-state index in [9.17, 15) is 4.79 Å². The van der Waals surface area contributed by atoms with Crippen molar-refractivity contribution in [3.63, 3.8) is 0 Å². The Morgan fingerprint density at radius 3 is 2.45 bits per heavy atom. The third-order valence-corrected chi connectivity index (χ3v) is 3.53. The van der Waals surface area contributed by atoms with Crippen LogP contribution in [-0.2, 0) is 0 Å². The first-order chi connectivity index (χ1) is 10.4. The Bertz CT molecular complexity index is 479. The SMILES string of the molecule is CCOc1cc(N)ccc1C(=O)NCCN(C(C)C)C(C)C. The normalized spacial score (nSPS) is 11.3. The molecule has 1 rings (SSSR count). The lowest BCUT2D eigenvalue weighted by molar-refractivity contribution is 0.0935. The number of hydrogen-bond acceptors (Lipinski definition) is 4. The van der Waals surface area contributed by atoms with E-state index < -0.39 is 0 Å². The molecule has 1 amide bonds. The van der Waals surface area contributed by atoms with E-state index in [4.69, 9.17) is 10.5 Å². The van der Waals surface area contributed by atoms with Crippen LogP contribution in [0.5, 0.6) is 5.75 Å². The van der Waals surface area contributed by atoms with E-state index in [0.717, 1.165) is 6.54 Å². The third kappa shape index (κ3) is 5.22. The molecule has 5 nitrogen and oxygen atoms in total. The topological polar surface area (TPSA) is 67.6 Å². The smallest absolute Gasteiger partial charge is 0.255 e. The van der Waals surface area contributed by atoms with Crippen molar-refractivity contribution in [2.75, 3.05) is 25.4 Å². The highest BCUT2D eigenvalue weighted by Gasteiger charge is 2.15. The van der Waals surface area contributed by atoms with Crippen molar-refractivity contribution in [3.8, 4) is 5.75 Å². The molecule has 0 bridgehead atoms. The van der Waals surface area contributed by atoms with E-state index in [0.29, 0.717) is 42.2 Å². The fourth-order valence-electron chi connectivity index (χ4n) is 2.51. The molecule has 0 saturated heterocycles. The van der Waals surface area contributed by atoms with Gasteiger partial charge in [0.2, 0.25) is 0 Å². The van der Waals surface area contributed by atoms with Gasteiger partial charge in [0, 0.05) is 36.9 Å². The molecule has 0 atom stereocenters. The molecule has 0 aromatic heterocycles. The van der Waals surface area contributed by atoms with Crippen molar-refractivity contribution in [1.82, 2.24) is 10.2 Å². The molecule has 0 saturated carbocycles. The van der Waals surface area contributed by atoms with Gasteiger partial charge < -0.3 is 15.8 Å². The minimum atomic E-state index is -0.129. The summed E-state index contributed by atoms with van der Waals surface area (Å²) in [6.45, 7) is 12.4. The monoisotopic (exact) mass is 307 g/mol. The van der Waals surface area contributed by atoms with Crippen LogP contribution in [0.25, 0.3) is 0 Å². The Kier molecular flexibility index (Phi) is 7.18. The number of ether oxygens (including phenoxy) is 1. The maximum Gasteiger partial charge on any atom is 0.255 e. The third-order valence-electron chi connectivity index (χ3n) is 3.53. The second-order valence-corrected chi connectivity index (χ2v) is 5.87. The van der Waals surface area contributed by atoms with Crippen molar-refractivity contribution in [2.45, 2.75) is 46.7 Å². The minimum absolute atomic E-state index is 0.129. The molecule has 0 aliphatic rings. The second kappa shape index (κ2) is 8.63. The molecule has 0 radical (unpaired) electrons. The lowest BCUT2D eigenvalue weighted by Crippen LogP contribution is -2.42. The first kappa shape index (κ1) is 18.3. The van der Waals surface area contributed by atoms with Gasteiger partial charge in [-0.05, 0) is 46.8 Å². The summed E-state index contributed by atoms with van der Waals surface area (Å²) >= 11 is 0. The van der Waals surface area contributed by atoms with E-state index in [1.807, 2.05) is 6.92 Å². The Hall–Kier alpha value is -1.75. The van der Waals surface area contributed by atoms with Gasteiger partial charge in [-0.15, -0.1) is 0 Å². The quantitative estimate of drug-likeness (QED) is 0.724. The Morgan fingerprint density at radius 1 is 1.27 bits per heavy atom. The van der Waals surface area contributed by atoms with E-state index in [1.165, 1.54) is 0 Å². The summed E-state index contributed by atoms with van der Waals surface area (Å²) in [6, 6.07) is 6.01. The maximum atomic E-state index is 12.3. The number of anilines is 1. The molecule has 0 aliphatic carbocycles. The molecule has 1 aromatic rings. The van der Waals surface area contributed by atoms with Crippen LogP contribution in [-0.4, -0.2) is 42.6 Å². The number of hydrogen-bond donors (Lipinski definition) is 2. The summed E-state index contributed by atoms with van der Waals surface area (Å²) in [5.41, 5.74) is 6.86. The largest absolute Gasteiger partial charge is 0.493 e. The fraction of sp³-hybridized carbons (Fsp3) is 0.588. The summed E-state index contributed by atoms with van der Waals surface area (Å²) in [6.07, 6.45) is 0. The van der Waals surface area contributed by atoms with Gasteiger partial charge in [0.05, 0.1) is 12.2 Å². The maximum absolute atomic E-state index is 12.3. The van der Waals surface area contributed by atoms with Gasteiger partial charge in [-0.25, -0.2) is 0 Å². The standard InChI is InChI=1S/C17H29N3O2/c1-6-22-16-11-14(18)7-8-15(16)17(21)19-9-10-20(12(2)3)13(4)5/h7-8,11-13H,6,9-10,18H2,1-5H3,(H,19,21). The van der Waals surface area contributed by atoms with Crippen LogP contribution < -0.4 is 15.8 Å². The molecule has 0 fully saturated rings. The predicted molar refractivity (Wildman–Crippen MR) is 91.3 cm³/mol. The highest BCUT2D eigenvalue weighted by atomic mass is 16.5. The molecular formula is C17H29N3O2. The van der Waals surface area contributed by atoms with Gasteiger partial charge >= 0.3 is 0 Å². The Morgan fingerprint density at radius 2 is 1.91 bits per heavy atom. The van der Waals surface area contributed by atoms with Crippen molar-refractivity contribution in [3.05, 3.63) is 23.8 Å². The van der Waals surface area contributed by atoms with E-state index in [2.05, 4.69) is 37.9 Å². The summed E-state index contributed by atoms with van der Waals surface area (Å²) in [5.74, 6) is 0.403. The van der Waals surface area contributed by atoms with Crippen LogP contribution in [0.15, 0.2) is 18.2 Å². The number of carbonyl (C=O) groups excluding carboxylic acids is 1. The van der Waals surface area contributed by atoms with Gasteiger partial charge in [0.25, 0.3) is 5.91 Å². The molecular weight excluding hydrogens is 278 g/mol. The highest BCUT2D eigenvalue weighted by Crippen LogP contribution is 2.21. The van der Waals surface area contributed by atoms with Crippen LogP contribution in [0.4, 0.5) is 5.69 Å². The average Bonchev–Trinajstić information content (AvgIpc) is 2.43.